The predicted octanol–water partition coefficient (Wildman–Crippen LogP) is 2.69. The summed E-state index contributed by atoms with van der Waals surface area (Å²) in [5.41, 5.74) is -1.01. The molecule has 1 aliphatic heterocycles. The Bertz CT molecular complexity index is 716. The first kappa shape index (κ1) is 17.0. The van der Waals surface area contributed by atoms with Crippen LogP contribution in [-0.2, 0) is 9.53 Å². The number of hydrogen-bond donors (Lipinski definition) is 0. The van der Waals surface area contributed by atoms with E-state index in [1.807, 2.05) is 6.92 Å². The topological polar surface area (TPSA) is 71.1 Å². The molecule has 1 aromatic rings. The predicted molar refractivity (Wildman–Crippen MR) is 86.4 cm³/mol. The molecule has 1 aliphatic carbocycles. The van der Waals surface area contributed by atoms with Crippen molar-refractivity contribution in [3.63, 3.8) is 0 Å². The zero-order valence-electron chi connectivity index (χ0n) is 14.0. The molecule has 3 rings (SSSR count). The highest BCUT2D eigenvalue weighted by molar-refractivity contribution is 6.35. The third-order valence-electron chi connectivity index (χ3n) is 4.89. The summed E-state index contributed by atoms with van der Waals surface area (Å²) in [5, 5.41) is 0.206. The fourth-order valence-corrected chi connectivity index (χ4v) is 3.93. The number of methoxy groups -OCH3 is 3. The third-order valence-corrected chi connectivity index (χ3v) is 5.24. The number of Topliss-reactive ketones (excluding diaryl/α,β-unsaturated/α-hetero) is 2. The standard InChI is InChI=1S/C17H19ClO6/c1-8-5-9(19)6-12(23-4)17(8)16(20)13-10(21-2)7-11(22-3)14(18)15(13)24-17/h7-8,12H,5-6H2,1-4H3/t8-,12-,17+/m1/s1. The summed E-state index contributed by atoms with van der Waals surface area (Å²) in [7, 11) is 4.40. The zero-order valence-corrected chi connectivity index (χ0v) is 14.7. The van der Waals surface area contributed by atoms with Gasteiger partial charge >= 0.3 is 0 Å². The third kappa shape index (κ3) is 2.13. The summed E-state index contributed by atoms with van der Waals surface area (Å²) in [4.78, 5) is 25.2. The van der Waals surface area contributed by atoms with E-state index in [2.05, 4.69) is 0 Å². The summed E-state index contributed by atoms with van der Waals surface area (Å²) >= 11 is 6.35. The molecule has 7 heteroatoms. The molecule has 0 bridgehead atoms. The van der Waals surface area contributed by atoms with Crippen LogP contribution < -0.4 is 14.2 Å². The lowest BCUT2D eigenvalue weighted by atomic mass is 9.71. The second-order valence-corrected chi connectivity index (χ2v) is 6.47. The maximum absolute atomic E-state index is 13.3. The van der Waals surface area contributed by atoms with Crippen molar-refractivity contribution in [3.8, 4) is 17.2 Å². The molecule has 0 unspecified atom stereocenters. The SMILES string of the molecule is COc1cc(OC)c2c(c1Cl)O[C@@]1(C2=O)[C@H](C)CC(=O)C[C@H]1OC. The minimum absolute atomic E-state index is 0.0444. The Kier molecular flexibility index (Phi) is 4.21. The average molecular weight is 355 g/mol. The Hall–Kier alpha value is -1.79. The number of halogens is 1. The number of carbonyl (C=O) groups excluding carboxylic acids is 2. The van der Waals surface area contributed by atoms with Crippen molar-refractivity contribution in [2.75, 3.05) is 21.3 Å². The molecule has 1 fully saturated rings. The van der Waals surface area contributed by atoms with Crippen molar-refractivity contribution < 1.29 is 28.5 Å². The highest BCUT2D eigenvalue weighted by atomic mass is 35.5. The smallest absolute Gasteiger partial charge is 0.216 e. The molecule has 1 aromatic carbocycles. The van der Waals surface area contributed by atoms with Crippen molar-refractivity contribution in [1.82, 2.24) is 0 Å². The molecular weight excluding hydrogens is 336 g/mol. The molecule has 0 N–H and O–H groups in total. The van der Waals surface area contributed by atoms with Crippen LogP contribution in [0.15, 0.2) is 6.07 Å². The lowest BCUT2D eigenvalue weighted by Gasteiger charge is -2.42. The summed E-state index contributed by atoms with van der Waals surface area (Å²) < 4.78 is 22.1. The number of benzene rings is 1. The Morgan fingerprint density at radius 1 is 1.17 bits per heavy atom. The Labute approximate surface area is 145 Å². The van der Waals surface area contributed by atoms with Gasteiger partial charge in [0, 0.05) is 31.9 Å². The highest BCUT2D eigenvalue weighted by Gasteiger charge is 2.61. The number of rotatable bonds is 3. The van der Waals surface area contributed by atoms with Crippen LogP contribution in [0.4, 0.5) is 0 Å². The molecule has 1 spiro atoms. The second kappa shape index (κ2) is 5.93. The molecule has 24 heavy (non-hydrogen) atoms. The molecule has 1 heterocycles. The van der Waals surface area contributed by atoms with Crippen LogP contribution in [0.5, 0.6) is 17.2 Å². The number of hydrogen-bond acceptors (Lipinski definition) is 6. The number of fused-ring (bicyclic) bond motifs is 1. The van der Waals surface area contributed by atoms with Crippen molar-refractivity contribution in [1.29, 1.82) is 0 Å². The fraction of sp³-hybridized carbons (Fsp3) is 0.529. The Morgan fingerprint density at radius 2 is 1.83 bits per heavy atom. The Balaban J connectivity index is 2.20. The van der Waals surface area contributed by atoms with Crippen LogP contribution in [0.25, 0.3) is 0 Å². The first-order valence-corrected chi connectivity index (χ1v) is 8.01. The quantitative estimate of drug-likeness (QED) is 0.831. The van der Waals surface area contributed by atoms with Crippen LogP contribution in [-0.4, -0.2) is 44.6 Å². The second-order valence-electron chi connectivity index (χ2n) is 6.10. The monoisotopic (exact) mass is 354 g/mol. The lowest BCUT2D eigenvalue weighted by molar-refractivity contribution is -0.139. The normalized spacial score (nSPS) is 28.7. The van der Waals surface area contributed by atoms with E-state index in [4.69, 9.17) is 30.5 Å². The maximum atomic E-state index is 13.3. The van der Waals surface area contributed by atoms with E-state index < -0.39 is 11.7 Å². The van der Waals surface area contributed by atoms with Gasteiger partial charge < -0.3 is 18.9 Å². The minimum Gasteiger partial charge on any atom is -0.496 e. The Morgan fingerprint density at radius 3 is 2.42 bits per heavy atom. The summed E-state index contributed by atoms with van der Waals surface area (Å²) in [6.07, 6.45) is -0.311. The van der Waals surface area contributed by atoms with Gasteiger partial charge in [-0.05, 0) is 0 Å². The number of carbonyl (C=O) groups is 2. The van der Waals surface area contributed by atoms with Gasteiger partial charge in [0.1, 0.15) is 34.0 Å². The van der Waals surface area contributed by atoms with Crippen LogP contribution >= 0.6 is 11.6 Å². The van der Waals surface area contributed by atoms with E-state index >= 15 is 0 Å². The molecule has 2 aliphatic rings. The highest BCUT2D eigenvalue weighted by Crippen LogP contribution is 2.54. The van der Waals surface area contributed by atoms with Gasteiger partial charge in [-0.1, -0.05) is 18.5 Å². The lowest BCUT2D eigenvalue weighted by Crippen LogP contribution is -2.60. The molecule has 1 saturated carbocycles. The van der Waals surface area contributed by atoms with Crippen LogP contribution in [0.2, 0.25) is 5.02 Å². The summed E-state index contributed by atoms with van der Waals surface area (Å²) in [6, 6.07) is 1.56. The fourth-order valence-electron chi connectivity index (χ4n) is 3.67. The van der Waals surface area contributed by atoms with Crippen LogP contribution in [0.3, 0.4) is 0 Å². The van der Waals surface area contributed by atoms with Gasteiger partial charge in [-0.2, -0.15) is 0 Å². The molecule has 3 atom stereocenters. The van der Waals surface area contributed by atoms with Gasteiger partial charge in [0.05, 0.1) is 14.2 Å². The van der Waals surface area contributed by atoms with Crippen molar-refractivity contribution in [2.24, 2.45) is 5.92 Å². The molecule has 6 nitrogen and oxygen atoms in total. The molecule has 0 saturated heterocycles. The van der Waals surface area contributed by atoms with E-state index in [0.29, 0.717) is 11.5 Å². The first-order valence-electron chi connectivity index (χ1n) is 7.63. The van der Waals surface area contributed by atoms with Gasteiger partial charge in [0.25, 0.3) is 0 Å². The van der Waals surface area contributed by atoms with Gasteiger partial charge in [-0.3, -0.25) is 9.59 Å². The van der Waals surface area contributed by atoms with E-state index in [1.165, 1.54) is 21.3 Å². The molecule has 0 amide bonds. The largest absolute Gasteiger partial charge is 0.496 e. The van der Waals surface area contributed by atoms with Crippen molar-refractivity contribution in [2.45, 2.75) is 31.5 Å². The number of ketones is 2. The maximum Gasteiger partial charge on any atom is 0.216 e. The molecule has 0 aromatic heterocycles. The molecular formula is C17H19ClO6. The average Bonchev–Trinajstić information content (AvgIpc) is 2.87. The minimum atomic E-state index is -1.28. The van der Waals surface area contributed by atoms with Gasteiger partial charge in [0.15, 0.2) is 5.75 Å². The van der Waals surface area contributed by atoms with Crippen molar-refractivity contribution in [3.05, 3.63) is 16.7 Å². The van der Waals surface area contributed by atoms with Crippen LogP contribution in [0.1, 0.15) is 30.1 Å². The van der Waals surface area contributed by atoms with E-state index in [-0.39, 0.29) is 46.7 Å². The van der Waals surface area contributed by atoms with E-state index in [0.717, 1.165) is 0 Å². The van der Waals surface area contributed by atoms with Crippen molar-refractivity contribution >= 4 is 23.2 Å². The molecule has 0 radical (unpaired) electrons. The molecule has 130 valence electrons. The van der Waals surface area contributed by atoms with Gasteiger partial charge in [0.2, 0.25) is 11.4 Å². The van der Waals surface area contributed by atoms with Gasteiger partial charge in [-0.15, -0.1) is 0 Å². The summed E-state index contributed by atoms with van der Waals surface area (Å²) in [6.45, 7) is 1.81. The van der Waals surface area contributed by atoms with Crippen LogP contribution in [0, 0.1) is 5.92 Å². The summed E-state index contributed by atoms with van der Waals surface area (Å²) in [5.74, 6) is 0.322. The number of ether oxygens (including phenoxy) is 4. The van der Waals surface area contributed by atoms with E-state index in [9.17, 15) is 9.59 Å². The zero-order chi connectivity index (χ0) is 17.6. The van der Waals surface area contributed by atoms with E-state index in [1.54, 1.807) is 6.07 Å². The first-order chi connectivity index (χ1) is 11.4. The van der Waals surface area contributed by atoms with Gasteiger partial charge in [-0.25, -0.2) is 0 Å².